The second-order valence-corrected chi connectivity index (χ2v) is 8.16. The Bertz CT molecular complexity index is 409. The Morgan fingerprint density at radius 2 is 2.18 bits per heavy atom. The predicted octanol–water partition coefficient (Wildman–Crippen LogP) is 3.16. The first-order chi connectivity index (χ1) is 8.05. The number of hydrogen-bond acceptors (Lipinski definition) is 3. The maximum atomic E-state index is 11.5. The highest BCUT2D eigenvalue weighted by Crippen LogP contribution is 2.60. The van der Waals surface area contributed by atoms with Gasteiger partial charge >= 0.3 is 7.60 Å². The Morgan fingerprint density at radius 1 is 1.47 bits per heavy atom. The average Bonchev–Trinajstić information content (AvgIpc) is 2.25. The van der Waals surface area contributed by atoms with Gasteiger partial charge in [0.25, 0.3) is 0 Å². The van der Waals surface area contributed by atoms with E-state index in [2.05, 4.69) is 0 Å². The van der Waals surface area contributed by atoms with Crippen molar-refractivity contribution >= 4 is 15.7 Å². The molecule has 2 rings (SSSR count). The molecule has 94 valence electrons. The number of rotatable bonds is 3. The SMILES string of the molecule is CP1CP(=O)(O)OC(CCc2ccccc2)O1. The van der Waals surface area contributed by atoms with Crippen LogP contribution in [0.3, 0.4) is 0 Å². The van der Waals surface area contributed by atoms with Crippen molar-refractivity contribution < 1.29 is 18.5 Å². The molecule has 6 heteroatoms. The van der Waals surface area contributed by atoms with Crippen molar-refractivity contribution in [1.82, 2.24) is 0 Å². The van der Waals surface area contributed by atoms with E-state index in [0.717, 1.165) is 6.42 Å². The molecule has 17 heavy (non-hydrogen) atoms. The van der Waals surface area contributed by atoms with Crippen LogP contribution >= 0.6 is 15.7 Å². The first-order valence-electron chi connectivity index (χ1n) is 5.47. The minimum Gasteiger partial charge on any atom is -0.329 e. The lowest BCUT2D eigenvalue weighted by atomic mass is 10.1. The van der Waals surface area contributed by atoms with Crippen molar-refractivity contribution in [2.75, 3.05) is 12.6 Å². The molecule has 0 aliphatic carbocycles. The van der Waals surface area contributed by atoms with Crippen molar-refractivity contribution in [2.24, 2.45) is 0 Å². The van der Waals surface area contributed by atoms with Crippen LogP contribution in [0.4, 0.5) is 0 Å². The Morgan fingerprint density at radius 3 is 2.82 bits per heavy atom. The molecule has 1 aliphatic rings. The summed E-state index contributed by atoms with van der Waals surface area (Å²) >= 11 is 0. The first kappa shape index (κ1) is 13.2. The van der Waals surface area contributed by atoms with E-state index < -0.39 is 22.0 Å². The Hall–Kier alpha value is -0.240. The molecule has 0 saturated carbocycles. The van der Waals surface area contributed by atoms with Crippen LogP contribution in [0, 0.1) is 0 Å². The molecule has 0 amide bonds. The standard InChI is InChI=1S/C11H16O4P2/c1-16-9-17(12,13)15-11(14-16)8-7-10-5-3-2-4-6-10/h2-6,11H,7-9H2,1H3,(H,12,13). The fraction of sp³-hybridized carbons (Fsp3) is 0.455. The molecule has 1 fully saturated rings. The van der Waals surface area contributed by atoms with Gasteiger partial charge in [-0.25, -0.2) is 0 Å². The lowest BCUT2D eigenvalue weighted by Crippen LogP contribution is -2.20. The van der Waals surface area contributed by atoms with Crippen LogP contribution in [0.2, 0.25) is 0 Å². The minimum atomic E-state index is -3.42. The van der Waals surface area contributed by atoms with E-state index in [1.54, 1.807) is 0 Å². The largest absolute Gasteiger partial charge is 0.336 e. The van der Waals surface area contributed by atoms with Crippen LogP contribution in [0.5, 0.6) is 0 Å². The zero-order valence-corrected chi connectivity index (χ0v) is 11.4. The van der Waals surface area contributed by atoms with Gasteiger partial charge in [-0.1, -0.05) is 30.3 Å². The molecule has 4 nitrogen and oxygen atoms in total. The summed E-state index contributed by atoms with van der Waals surface area (Å²) in [5.41, 5.74) is 1.18. The van der Waals surface area contributed by atoms with Crippen molar-refractivity contribution in [3.05, 3.63) is 35.9 Å². The summed E-state index contributed by atoms with van der Waals surface area (Å²) < 4.78 is 22.2. The molecule has 1 aromatic rings. The second-order valence-electron chi connectivity index (χ2n) is 4.07. The normalized spacial score (nSPS) is 33.5. The molecule has 0 bridgehead atoms. The molecular weight excluding hydrogens is 258 g/mol. The van der Waals surface area contributed by atoms with Crippen LogP contribution in [0.1, 0.15) is 12.0 Å². The third-order valence-electron chi connectivity index (χ3n) is 2.47. The van der Waals surface area contributed by atoms with Gasteiger partial charge in [0, 0.05) is 14.6 Å². The quantitative estimate of drug-likeness (QED) is 0.860. The van der Waals surface area contributed by atoms with Crippen molar-refractivity contribution in [2.45, 2.75) is 19.1 Å². The summed E-state index contributed by atoms with van der Waals surface area (Å²) in [6.07, 6.45) is 0.853. The predicted molar refractivity (Wildman–Crippen MR) is 68.3 cm³/mol. The third kappa shape index (κ3) is 4.17. The van der Waals surface area contributed by atoms with E-state index in [1.807, 2.05) is 37.0 Å². The number of aryl methyl sites for hydroxylation is 1. The summed E-state index contributed by atoms with van der Waals surface area (Å²) in [6, 6.07) is 9.96. The first-order valence-corrected chi connectivity index (χ1v) is 9.13. The van der Waals surface area contributed by atoms with Crippen LogP contribution in [0.25, 0.3) is 0 Å². The van der Waals surface area contributed by atoms with E-state index >= 15 is 0 Å². The maximum Gasteiger partial charge on any atom is 0.336 e. The van der Waals surface area contributed by atoms with Gasteiger partial charge in [-0.05, 0) is 18.6 Å². The highest BCUT2D eigenvalue weighted by atomic mass is 31.2. The Kier molecular flexibility index (Phi) is 4.35. The maximum absolute atomic E-state index is 11.5. The zero-order valence-electron chi connectivity index (χ0n) is 9.65. The van der Waals surface area contributed by atoms with Gasteiger partial charge in [-0.15, -0.1) is 0 Å². The molecule has 1 saturated heterocycles. The highest BCUT2D eigenvalue weighted by Gasteiger charge is 2.34. The van der Waals surface area contributed by atoms with Gasteiger partial charge in [-0.3, -0.25) is 9.09 Å². The van der Waals surface area contributed by atoms with Crippen LogP contribution in [0.15, 0.2) is 30.3 Å². The van der Waals surface area contributed by atoms with Gasteiger partial charge in [0.1, 0.15) is 0 Å². The van der Waals surface area contributed by atoms with Crippen LogP contribution in [-0.2, 0) is 20.0 Å². The molecule has 1 aromatic carbocycles. The molecule has 1 N–H and O–H groups in total. The van der Waals surface area contributed by atoms with Crippen molar-refractivity contribution in [3.8, 4) is 0 Å². The summed E-state index contributed by atoms with van der Waals surface area (Å²) in [7, 11) is -4.25. The van der Waals surface area contributed by atoms with Gasteiger partial charge in [-0.2, -0.15) is 0 Å². The van der Waals surface area contributed by atoms with Crippen LogP contribution < -0.4 is 0 Å². The fourth-order valence-electron chi connectivity index (χ4n) is 1.76. The molecule has 3 atom stereocenters. The van der Waals surface area contributed by atoms with Crippen LogP contribution in [-0.4, -0.2) is 23.8 Å². The van der Waals surface area contributed by atoms with E-state index in [-0.39, 0.29) is 5.90 Å². The number of hydrogen-bond donors (Lipinski definition) is 1. The lowest BCUT2D eigenvalue weighted by Gasteiger charge is -2.30. The summed E-state index contributed by atoms with van der Waals surface area (Å²) in [4.78, 5) is 9.48. The van der Waals surface area contributed by atoms with Crippen molar-refractivity contribution in [3.63, 3.8) is 0 Å². The average molecular weight is 274 g/mol. The van der Waals surface area contributed by atoms with Gasteiger partial charge in [0.05, 0.1) is 5.90 Å². The molecule has 0 spiro atoms. The molecule has 1 heterocycles. The molecule has 0 aromatic heterocycles. The fourth-order valence-corrected chi connectivity index (χ4v) is 5.44. The molecule has 1 aliphatic heterocycles. The smallest absolute Gasteiger partial charge is 0.329 e. The second kappa shape index (κ2) is 5.60. The monoisotopic (exact) mass is 274 g/mol. The number of benzene rings is 1. The van der Waals surface area contributed by atoms with Gasteiger partial charge in [0.2, 0.25) is 0 Å². The molecular formula is C11H16O4P2. The van der Waals surface area contributed by atoms with Gasteiger partial charge < -0.3 is 9.42 Å². The van der Waals surface area contributed by atoms with Gasteiger partial charge in [0.15, 0.2) is 6.29 Å². The molecule has 0 radical (unpaired) electrons. The Labute approximate surface area is 102 Å². The third-order valence-corrected chi connectivity index (χ3v) is 6.65. The van der Waals surface area contributed by atoms with E-state index in [4.69, 9.17) is 9.05 Å². The van der Waals surface area contributed by atoms with E-state index in [1.165, 1.54) is 5.56 Å². The highest BCUT2D eigenvalue weighted by molar-refractivity contribution is 7.70. The summed E-state index contributed by atoms with van der Waals surface area (Å²) in [6.45, 7) is 1.86. The lowest BCUT2D eigenvalue weighted by molar-refractivity contribution is -0.00509. The summed E-state index contributed by atoms with van der Waals surface area (Å²) in [5.74, 6) is 0.143. The topological polar surface area (TPSA) is 55.8 Å². The summed E-state index contributed by atoms with van der Waals surface area (Å²) in [5, 5.41) is 0. The van der Waals surface area contributed by atoms with E-state index in [0.29, 0.717) is 6.42 Å². The zero-order chi connectivity index (χ0) is 12.3. The Balaban J connectivity index is 1.89. The molecule has 3 unspecified atom stereocenters. The van der Waals surface area contributed by atoms with Crippen molar-refractivity contribution in [1.29, 1.82) is 0 Å². The minimum absolute atomic E-state index is 0.143. The van der Waals surface area contributed by atoms with E-state index in [9.17, 15) is 9.46 Å².